The highest BCUT2D eigenvalue weighted by atomic mass is 35.5. The minimum atomic E-state index is 0. The maximum Gasteiger partial charge on any atom is 0.0416 e. The summed E-state index contributed by atoms with van der Waals surface area (Å²) >= 11 is 0. The van der Waals surface area contributed by atoms with E-state index < -0.39 is 0 Å². The fourth-order valence-corrected chi connectivity index (χ4v) is 4.02. The summed E-state index contributed by atoms with van der Waals surface area (Å²) in [6, 6.07) is 7.01. The Morgan fingerprint density at radius 3 is 2.58 bits per heavy atom. The molecule has 0 bridgehead atoms. The van der Waals surface area contributed by atoms with Crippen molar-refractivity contribution < 1.29 is 0 Å². The zero-order chi connectivity index (χ0) is 15.9. The van der Waals surface area contributed by atoms with Crippen molar-refractivity contribution in [2.45, 2.75) is 38.1 Å². The Kier molecular flexibility index (Phi) is 8.46. The third kappa shape index (κ3) is 5.99. The zero-order valence-electron chi connectivity index (χ0n) is 15.0. The van der Waals surface area contributed by atoms with Gasteiger partial charge < -0.3 is 15.1 Å². The lowest BCUT2D eigenvalue weighted by Crippen LogP contribution is -2.46. The largest absolute Gasteiger partial charge is 0.317 e. The molecule has 0 aliphatic carbocycles. The molecule has 0 saturated carbocycles. The van der Waals surface area contributed by atoms with Crippen molar-refractivity contribution in [3.63, 3.8) is 0 Å². The van der Waals surface area contributed by atoms with Crippen LogP contribution in [0.2, 0.25) is 0 Å². The molecule has 0 amide bonds. The van der Waals surface area contributed by atoms with E-state index in [1.54, 1.807) is 0 Å². The van der Waals surface area contributed by atoms with Gasteiger partial charge >= 0.3 is 0 Å². The van der Waals surface area contributed by atoms with Gasteiger partial charge in [-0.2, -0.15) is 0 Å². The normalized spacial score (nSPS) is 20.9. The van der Waals surface area contributed by atoms with Crippen LogP contribution in [0, 0.1) is 5.92 Å². The van der Waals surface area contributed by atoms with E-state index in [4.69, 9.17) is 0 Å². The van der Waals surface area contributed by atoms with Crippen LogP contribution in [0.4, 0.5) is 0 Å². The lowest BCUT2D eigenvalue weighted by atomic mass is 9.95. The Morgan fingerprint density at radius 2 is 1.92 bits per heavy atom. The Bertz CT molecular complexity index is 442. The summed E-state index contributed by atoms with van der Waals surface area (Å²) in [5.74, 6) is 0.906. The van der Waals surface area contributed by atoms with Crippen molar-refractivity contribution in [3.05, 3.63) is 30.1 Å². The SMILES string of the molecule is CN(CC1CCNCC1)C1CCN(CCc2ccccn2)CC1.Cl. The standard InChI is InChI=1S/C19H32N4.ClH/c1-22(16-17-5-11-20-12-6-17)19-8-14-23(15-9-19)13-7-18-4-2-3-10-21-18;/h2-4,10,17,19-20H,5-9,11-16H2,1H3;1H. The summed E-state index contributed by atoms with van der Waals surface area (Å²) in [4.78, 5) is 9.69. The predicted molar refractivity (Wildman–Crippen MR) is 103 cm³/mol. The molecule has 1 N–H and O–H groups in total. The van der Waals surface area contributed by atoms with Gasteiger partial charge in [-0.05, 0) is 77.0 Å². The van der Waals surface area contributed by atoms with Gasteiger partial charge in [-0.15, -0.1) is 12.4 Å². The molecule has 1 aromatic heterocycles. The summed E-state index contributed by atoms with van der Waals surface area (Å²) in [6.45, 7) is 7.36. The first-order chi connectivity index (χ1) is 11.3. The van der Waals surface area contributed by atoms with E-state index in [1.807, 2.05) is 12.3 Å². The molecule has 0 aromatic carbocycles. The third-order valence-corrected chi connectivity index (χ3v) is 5.60. The van der Waals surface area contributed by atoms with Crippen LogP contribution in [-0.2, 0) is 6.42 Å². The number of nitrogens with one attached hydrogen (secondary N) is 1. The molecule has 1 aromatic rings. The highest BCUT2D eigenvalue weighted by Gasteiger charge is 2.24. The molecule has 0 radical (unpaired) electrons. The molecule has 2 aliphatic heterocycles. The molecule has 2 fully saturated rings. The van der Waals surface area contributed by atoms with E-state index in [1.165, 1.54) is 64.1 Å². The topological polar surface area (TPSA) is 31.4 Å². The average Bonchev–Trinajstić information content (AvgIpc) is 2.62. The number of hydrogen-bond acceptors (Lipinski definition) is 4. The molecule has 136 valence electrons. The van der Waals surface area contributed by atoms with Gasteiger partial charge in [0.15, 0.2) is 0 Å². The summed E-state index contributed by atoms with van der Waals surface area (Å²) in [5.41, 5.74) is 1.22. The summed E-state index contributed by atoms with van der Waals surface area (Å²) < 4.78 is 0. The monoisotopic (exact) mass is 352 g/mol. The lowest BCUT2D eigenvalue weighted by molar-refractivity contribution is 0.110. The predicted octanol–water partition coefficient (Wildman–Crippen LogP) is 2.44. The number of aromatic nitrogens is 1. The first-order valence-corrected chi connectivity index (χ1v) is 9.34. The number of piperidine rings is 2. The summed E-state index contributed by atoms with van der Waals surface area (Å²) in [5, 5.41) is 3.47. The van der Waals surface area contributed by atoms with E-state index in [-0.39, 0.29) is 12.4 Å². The number of rotatable bonds is 6. The minimum absolute atomic E-state index is 0. The summed E-state index contributed by atoms with van der Waals surface area (Å²) in [6.07, 6.45) is 8.33. The maximum atomic E-state index is 4.43. The quantitative estimate of drug-likeness (QED) is 0.852. The van der Waals surface area contributed by atoms with Crippen molar-refractivity contribution >= 4 is 12.4 Å². The molecular weight excluding hydrogens is 320 g/mol. The van der Waals surface area contributed by atoms with Crippen LogP contribution in [0.15, 0.2) is 24.4 Å². The molecule has 3 rings (SSSR count). The smallest absolute Gasteiger partial charge is 0.0416 e. The molecule has 2 aliphatic rings. The second-order valence-electron chi connectivity index (χ2n) is 7.28. The van der Waals surface area contributed by atoms with Crippen molar-refractivity contribution in [1.82, 2.24) is 20.1 Å². The minimum Gasteiger partial charge on any atom is -0.317 e. The highest BCUT2D eigenvalue weighted by Crippen LogP contribution is 2.19. The van der Waals surface area contributed by atoms with Crippen LogP contribution in [0.25, 0.3) is 0 Å². The Labute approximate surface area is 153 Å². The second kappa shape index (κ2) is 10.3. The van der Waals surface area contributed by atoms with Crippen LogP contribution in [0.5, 0.6) is 0 Å². The van der Waals surface area contributed by atoms with Crippen molar-refractivity contribution in [2.75, 3.05) is 46.3 Å². The van der Waals surface area contributed by atoms with Gasteiger partial charge in [0.05, 0.1) is 0 Å². The Balaban J connectivity index is 0.00000208. The van der Waals surface area contributed by atoms with Gasteiger partial charge in [-0.3, -0.25) is 4.98 Å². The summed E-state index contributed by atoms with van der Waals surface area (Å²) in [7, 11) is 2.34. The van der Waals surface area contributed by atoms with E-state index in [0.717, 1.165) is 24.9 Å². The molecule has 5 heteroatoms. The maximum absolute atomic E-state index is 4.43. The van der Waals surface area contributed by atoms with Crippen LogP contribution in [0.3, 0.4) is 0 Å². The van der Waals surface area contributed by atoms with Crippen molar-refractivity contribution in [2.24, 2.45) is 5.92 Å². The number of likely N-dealkylation sites (tertiary alicyclic amines) is 1. The first-order valence-electron chi connectivity index (χ1n) is 9.34. The van der Waals surface area contributed by atoms with Gasteiger partial charge in [0.25, 0.3) is 0 Å². The molecule has 3 heterocycles. The van der Waals surface area contributed by atoms with Gasteiger partial charge in [0.2, 0.25) is 0 Å². The Hall–Kier alpha value is -0.680. The number of pyridine rings is 1. The highest BCUT2D eigenvalue weighted by molar-refractivity contribution is 5.85. The fraction of sp³-hybridized carbons (Fsp3) is 0.737. The Morgan fingerprint density at radius 1 is 1.17 bits per heavy atom. The molecule has 4 nitrogen and oxygen atoms in total. The molecule has 0 unspecified atom stereocenters. The first kappa shape index (κ1) is 19.6. The lowest BCUT2D eigenvalue weighted by Gasteiger charge is -2.38. The van der Waals surface area contributed by atoms with E-state index >= 15 is 0 Å². The third-order valence-electron chi connectivity index (χ3n) is 5.60. The molecule has 0 spiro atoms. The molecule has 2 saturated heterocycles. The molecule has 0 atom stereocenters. The van der Waals surface area contributed by atoms with E-state index in [2.05, 4.69) is 39.3 Å². The van der Waals surface area contributed by atoms with Gasteiger partial charge in [-0.25, -0.2) is 0 Å². The van der Waals surface area contributed by atoms with Crippen LogP contribution < -0.4 is 5.32 Å². The van der Waals surface area contributed by atoms with Crippen LogP contribution >= 0.6 is 12.4 Å². The van der Waals surface area contributed by atoms with Gasteiger partial charge in [0, 0.05) is 37.4 Å². The molecular formula is C19H33ClN4. The van der Waals surface area contributed by atoms with Gasteiger partial charge in [-0.1, -0.05) is 6.07 Å². The van der Waals surface area contributed by atoms with E-state index in [9.17, 15) is 0 Å². The zero-order valence-corrected chi connectivity index (χ0v) is 15.8. The number of halogens is 1. The van der Waals surface area contributed by atoms with E-state index in [0.29, 0.717) is 0 Å². The number of nitrogens with zero attached hydrogens (tertiary/aromatic N) is 3. The van der Waals surface area contributed by atoms with Crippen molar-refractivity contribution in [3.8, 4) is 0 Å². The molecule has 24 heavy (non-hydrogen) atoms. The van der Waals surface area contributed by atoms with Gasteiger partial charge in [0.1, 0.15) is 0 Å². The number of hydrogen-bond donors (Lipinski definition) is 1. The average molecular weight is 353 g/mol. The van der Waals surface area contributed by atoms with Crippen LogP contribution in [0.1, 0.15) is 31.4 Å². The van der Waals surface area contributed by atoms with Crippen LogP contribution in [-0.4, -0.2) is 67.1 Å². The second-order valence-corrected chi connectivity index (χ2v) is 7.28. The van der Waals surface area contributed by atoms with Crippen molar-refractivity contribution in [1.29, 1.82) is 0 Å². The fourth-order valence-electron chi connectivity index (χ4n) is 4.02.